The van der Waals surface area contributed by atoms with E-state index in [4.69, 9.17) is 27.2 Å². The molecule has 0 aliphatic rings. The highest BCUT2D eigenvalue weighted by Gasteiger charge is 2.07. The lowest BCUT2D eigenvalue weighted by atomic mass is 10.2. The van der Waals surface area contributed by atoms with Gasteiger partial charge in [0.2, 0.25) is 0 Å². The summed E-state index contributed by atoms with van der Waals surface area (Å²) in [4.78, 5) is 0. The maximum Gasteiger partial charge on any atom is 0.119 e. The first-order valence-electron chi connectivity index (χ1n) is 3.41. The van der Waals surface area contributed by atoms with E-state index >= 15 is 0 Å². The number of ether oxygens (including phenoxy) is 1. The molecule has 0 N–H and O–H groups in total. The van der Waals surface area contributed by atoms with Gasteiger partial charge in [-0.2, -0.15) is 0 Å². The van der Waals surface area contributed by atoms with Crippen LogP contribution in [0.2, 0.25) is 0 Å². The Kier molecular flexibility index (Phi) is 3.64. The summed E-state index contributed by atoms with van der Waals surface area (Å²) in [5, 5.41) is 0.995. The molecule has 0 heterocycles. The minimum atomic E-state index is -1.04. The van der Waals surface area contributed by atoms with Crippen molar-refractivity contribution in [2.24, 2.45) is 0 Å². The molecule has 1 nitrogen and oxygen atoms in total. The fraction of sp³-hybridized carbons (Fsp3) is 0.250. The molecule has 66 valence electrons. The summed E-state index contributed by atoms with van der Waals surface area (Å²) in [5.74, 6) is 0.835. The average Bonchev–Trinajstić information content (AvgIpc) is 2.03. The van der Waals surface area contributed by atoms with Crippen molar-refractivity contribution < 1.29 is 4.74 Å². The average molecular weight is 223 g/mol. The van der Waals surface area contributed by atoms with E-state index in [-0.39, 0.29) is 0 Å². The summed E-state index contributed by atoms with van der Waals surface area (Å²) in [6, 6.07) is 5.69. The lowest BCUT2D eigenvalue weighted by Crippen LogP contribution is -2.00. The van der Waals surface area contributed by atoms with Crippen molar-refractivity contribution in [1.82, 2.24) is 0 Å². The Morgan fingerprint density at radius 2 is 2.00 bits per heavy atom. The van der Waals surface area contributed by atoms with E-state index in [2.05, 4.69) is 0 Å². The molecule has 0 saturated carbocycles. The van der Waals surface area contributed by atoms with E-state index < -0.39 is 6.63 Å². The van der Waals surface area contributed by atoms with Crippen LogP contribution in [0.5, 0.6) is 5.75 Å². The van der Waals surface area contributed by atoms with Gasteiger partial charge in [0.1, 0.15) is 12.4 Å². The lowest BCUT2D eigenvalue weighted by Gasteiger charge is -2.07. The van der Waals surface area contributed by atoms with E-state index in [1.807, 2.05) is 25.1 Å². The minimum absolute atomic E-state index is 0.835. The van der Waals surface area contributed by atoms with Crippen LogP contribution < -0.4 is 10.0 Å². The standard InChI is InChI=1S/C8H9Cl2OP/c1-6-5-7(11-2)3-4-8(6)12(9)10/h3-5H,1-2H3. The van der Waals surface area contributed by atoms with Crippen LogP contribution in [0.3, 0.4) is 0 Å². The predicted molar refractivity (Wildman–Crippen MR) is 56.0 cm³/mol. The van der Waals surface area contributed by atoms with Crippen LogP contribution in [0.15, 0.2) is 18.2 Å². The quantitative estimate of drug-likeness (QED) is 0.698. The topological polar surface area (TPSA) is 9.23 Å². The fourth-order valence-corrected chi connectivity index (χ4v) is 2.60. The Bertz CT molecular complexity index is 276. The molecule has 0 aliphatic heterocycles. The van der Waals surface area contributed by atoms with Gasteiger partial charge in [-0.15, -0.1) is 0 Å². The minimum Gasteiger partial charge on any atom is -0.497 e. The van der Waals surface area contributed by atoms with Crippen molar-refractivity contribution in [2.45, 2.75) is 6.92 Å². The van der Waals surface area contributed by atoms with Crippen LogP contribution in [0.1, 0.15) is 5.56 Å². The third-order valence-electron chi connectivity index (χ3n) is 1.59. The molecule has 0 saturated heterocycles. The van der Waals surface area contributed by atoms with E-state index in [1.54, 1.807) is 7.11 Å². The Labute approximate surface area is 83.0 Å². The lowest BCUT2D eigenvalue weighted by molar-refractivity contribution is 0.414. The van der Waals surface area contributed by atoms with Gasteiger partial charge in [0, 0.05) is 5.30 Å². The monoisotopic (exact) mass is 222 g/mol. The second-order valence-electron chi connectivity index (χ2n) is 2.39. The Hall–Kier alpha value is 0.0300. The van der Waals surface area contributed by atoms with Gasteiger partial charge in [0.25, 0.3) is 0 Å². The molecule has 1 aromatic carbocycles. The SMILES string of the molecule is COc1ccc(P(Cl)Cl)c(C)c1. The van der Waals surface area contributed by atoms with Crippen molar-refractivity contribution >= 4 is 34.4 Å². The number of rotatable bonds is 2. The summed E-state index contributed by atoms with van der Waals surface area (Å²) >= 11 is 11.6. The van der Waals surface area contributed by atoms with Gasteiger partial charge >= 0.3 is 0 Å². The largest absolute Gasteiger partial charge is 0.497 e. The zero-order valence-electron chi connectivity index (χ0n) is 6.84. The molecule has 12 heavy (non-hydrogen) atoms. The fourth-order valence-electron chi connectivity index (χ4n) is 0.945. The molecule has 1 rings (SSSR count). The van der Waals surface area contributed by atoms with Crippen LogP contribution in [0.25, 0.3) is 0 Å². The maximum absolute atomic E-state index is 5.79. The van der Waals surface area contributed by atoms with Gasteiger partial charge in [0.05, 0.1) is 7.11 Å². The first-order chi connectivity index (χ1) is 5.65. The molecule has 0 fully saturated rings. The van der Waals surface area contributed by atoms with Gasteiger partial charge in [-0.05, 0) is 30.7 Å². The normalized spacial score (nSPS) is 10.4. The highest BCUT2D eigenvalue weighted by Crippen LogP contribution is 2.46. The third-order valence-corrected chi connectivity index (χ3v) is 3.54. The Morgan fingerprint density at radius 3 is 2.42 bits per heavy atom. The van der Waals surface area contributed by atoms with Gasteiger partial charge in [-0.1, -0.05) is 22.5 Å². The molecule has 0 unspecified atom stereocenters. The molecule has 0 spiro atoms. The first kappa shape index (κ1) is 10.1. The summed E-state index contributed by atoms with van der Waals surface area (Å²) in [7, 11) is 1.64. The van der Waals surface area contributed by atoms with Crippen molar-refractivity contribution in [1.29, 1.82) is 0 Å². The van der Waals surface area contributed by atoms with Crippen LogP contribution in [0, 0.1) is 6.92 Å². The molecule has 0 aliphatic carbocycles. The van der Waals surface area contributed by atoms with E-state index in [9.17, 15) is 0 Å². The van der Waals surface area contributed by atoms with Gasteiger partial charge in [-0.3, -0.25) is 0 Å². The molecule has 0 atom stereocenters. The summed E-state index contributed by atoms with van der Waals surface area (Å²) in [6.45, 7) is 0.925. The Morgan fingerprint density at radius 1 is 1.33 bits per heavy atom. The molecular formula is C8H9Cl2OP. The number of halogens is 2. The number of aryl methyl sites for hydroxylation is 1. The van der Waals surface area contributed by atoms with Gasteiger partial charge in [-0.25, -0.2) is 0 Å². The third kappa shape index (κ3) is 2.26. The van der Waals surface area contributed by atoms with E-state index in [1.165, 1.54) is 0 Å². The predicted octanol–water partition coefficient (Wildman–Crippen LogP) is 3.42. The van der Waals surface area contributed by atoms with E-state index in [0.717, 1.165) is 16.6 Å². The molecular weight excluding hydrogens is 214 g/mol. The van der Waals surface area contributed by atoms with Crippen LogP contribution >= 0.6 is 29.1 Å². The Balaban J connectivity index is 3.03. The molecule has 0 aromatic heterocycles. The van der Waals surface area contributed by atoms with Gasteiger partial charge in [0.15, 0.2) is 0 Å². The van der Waals surface area contributed by atoms with Crippen molar-refractivity contribution in [3.63, 3.8) is 0 Å². The molecule has 0 amide bonds. The second-order valence-corrected chi connectivity index (χ2v) is 5.88. The van der Waals surface area contributed by atoms with E-state index in [0.29, 0.717) is 0 Å². The molecule has 0 bridgehead atoms. The maximum atomic E-state index is 5.79. The zero-order chi connectivity index (χ0) is 9.14. The van der Waals surface area contributed by atoms with Crippen molar-refractivity contribution in [3.05, 3.63) is 23.8 Å². The first-order valence-corrected chi connectivity index (χ1v) is 6.56. The summed E-state index contributed by atoms with van der Waals surface area (Å²) < 4.78 is 5.05. The highest BCUT2D eigenvalue weighted by atomic mass is 35.9. The molecule has 1 aromatic rings. The smallest absolute Gasteiger partial charge is 0.119 e. The van der Waals surface area contributed by atoms with Crippen LogP contribution in [-0.2, 0) is 0 Å². The molecule has 0 radical (unpaired) electrons. The number of hydrogen-bond donors (Lipinski definition) is 0. The summed E-state index contributed by atoms with van der Waals surface area (Å²) in [6.07, 6.45) is 0. The number of benzene rings is 1. The van der Waals surface area contributed by atoms with Crippen molar-refractivity contribution in [2.75, 3.05) is 7.11 Å². The van der Waals surface area contributed by atoms with Crippen molar-refractivity contribution in [3.8, 4) is 5.75 Å². The highest BCUT2D eigenvalue weighted by molar-refractivity contribution is 8.08. The van der Waals surface area contributed by atoms with Gasteiger partial charge < -0.3 is 4.74 Å². The molecule has 4 heteroatoms. The zero-order valence-corrected chi connectivity index (χ0v) is 9.25. The number of hydrogen-bond acceptors (Lipinski definition) is 1. The summed E-state index contributed by atoms with van der Waals surface area (Å²) in [5.41, 5.74) is 1.07. The second kappa shape index (κ2) is 4.32. The number of methoxy groups -OCH3 is 1. The van der Waals surface area contributed by atoms with Crippen LogP contribution in [-0.4, -0.2) is 7.11 Å². The van der Waals surface area contributed by atoms with Crippen LogP contribution in [0.4, 0.5) is 0 Å².